The molecule has 0 saturated carbocycles. The SMILES string of the molecule is CC(C)(CO)CO.CCCCC(C)(C)C(C)(O)O.CCCCCC(O)O.O=C(O)CCCCC(=O)O. The fraction of sp³-hybridized carbons (Fsp3) is 0.923. The van der Waals surface area contributed by atoms with Crippen molar-refractivity contribution in [3.05, 3.63) is 0 Å². The predicted octanol–water partition coefficient (Wildman–Crippen LogP) is 3.49. The highest BCUT2D eigenvalue weighted by Gasteiger charge is 2.36. The molecule has 0 aliphatic heterocycles. The molecule has 8 N–H and O–H groups in total. The maximum atomic E-state index is 9.90. The molecule has 0 bridgehead atoms. The van der Waals surface area contributed by atoms with Gasteiger partial charge in [-0.1, -0.05) is 67.2 Å². The van der Waals surface area contributed by atoms with Crippen LogP contribution in [-0.2, 0) is 9.59 Å². The Balaban J connectivity index is -0.000000192. The van der Waals surface area contributed by atoms with Gasteiger partial charge >= 0.3 is 11.9 Å². The van der Waals surface area contributed by atoms with E-state index in [1.54, 1.807) is 13.8 Å². The van der Waals surface area contributed by atoms with Crippen LogP contribution in [0.2, 0.25) is 0 Å². The molecule has 220 valence electrons. The van der Waals surface area contributed by atoms with E-state index in [-0.39, 0.29) is 31.5 Å². The van der Waals surface area contributed by atoms with Crippen LogP contribution in [0.4, 0.5) is 0 Å². The van der Waals surface area contributed by atoms with Crippen molar-refractivity contribution in [1.82, 2.24) is 0 Å². The van der Waals surface area contributed by atoms with Gasteiger partial charge < -0.3 is 40.9 Å². The summed E-state index contributed by atoms with van der Waals surface area (Å²) in [6.45, 7) is 13.1. The molecule has 0 atom stereocenters. The molecule has 0 saturated heterocycles. The Labute approximate surface area is 218 Å². The number of aliphatic hydroxyl groups is 6. The lowest BCUT2D eigenvalue weighted by molar-refractivity contribution is -0.221. The second-order valence-corrected chi connectivity index (χ2v) is 10.5. The largest absolute Gasteiger partial charge is 0.481 e. The molecular formula is C26H56O10. The van der Waals surface area contributed by atoms with Crippen LogP contribution in [0.15, 0.2) is 0 Å². The molecule has 0 aromatic carbocycles. The maximum Gasteiger partial charge on any atom is 0.303 e. The van der Waals surface area contributed by atoms with Crippen LogP contribution in [-0.4, -0.2) is 78.1 Å². The Morgan fingerprint density at radius 1 is 0.694 bits per heavy atom. The van der Waals surface area contributed by atoms with E-state index in [1.807, 2.05) is 13.8 Å². The van der Waals surface area contributed by atoms with Gasteiger partial charge in [-0.2, -0.15) is 0 Å². The number of hydrogen-bond donors (Lipinski definition) is 8. The number of carboxylic acids is 2. The first-order valence-corrected chi connectivity index (χ1v) is 12.8. The van der Waals surface area contributed by atoms with Crippen molar-refractivity contribution in [1.29, 1.82) is 0 Å². The zero-order chi connectivity index (χ0) is 29.4. The zero-order valence-electron chi connectivity index (χ0n) is 23.7. The number of hydrogen-bond acceptors (Lipinski definition) is 8. The first-order chi connectivity index (χ1) is 16.3. The van der Waals surface area contributed by atoms with E-state index in [1.165, 1.54) is 6.92 Å². The lowest BCUT2D eigenvalue weighted by atomic mass is 9.80. The molecule has 10 nitrogen and oxygen atoms in total. The molecule has 10 heteroatoms. The van der Waals surface area contributed by atoms with Gasteiger partial charge in [0.05, 0.1) is 13.2 Å². The van der Waals surface area contributed by atoms with E-state index in [2.05, 4.69) is 13.8 Å². The van der Waals surface area contributed by atoms with Crippen LogP contribution in [0.5, 0.6) is 0 Å². The summed E-state index contributed by atoms with van der Waals surface area (Å²) in [6, 6.07) is 0. The van der Waals surface area contributed by atoms with Crippen LogP contribution in [0.1, 0.15) is 119 Å². The molecule has 36 heavy (non-hydrogen) atoms. The molecule has 0 aromatic rings. The summed E-state index contributed by atoms with van der Waals surface area (Å²) in [5.74, 6) is -3.29. The van der Waals surface area contributed by atoms with E-state index in [0.717, 1.165) is 38.5 Å². The van der Waals surface area contributed by atoms with Crippen molar-refractivity contribution in [2.24, 2.45) is 10.8 Å². The molecule has 0 spiro atoms. The van der Waals surface area contributed by atoms with Crippen molar-refractivity contribution >= 4 is 11.9 Å². The first-order valence-electron chi connectivity index (χ1n) is 12.8. The zero-order valence-corrected chi connectivity index (χ0v) is 23.7. The average Bonchev–Trinajstić information content (AvgIpc) is 2.75. The normalized spacial score (nSPS) is 11.4. The standard InChI is InChI=1S/C9H20O2.C6H10O4.C6H14O2.C5H12O2/c1-5-6-7-8(2,3)9(4,10)11;7-5(8)3-1-2-4-6(9)10;1-2-3-4-5-6(7)8;1-5(2,3-6)4-7/h10-11H,5-7H2,1-4H3;1-4H2,(H,7,8)(H,9,10);6-8H,2-5H2,1H3;6-7H,3-4H2,1-2H3. The van der Waals surface area contributed by atoms with E-state index < -0.39 is 29.4 Å². The van der Waals surface area contributed by atoms with Crippen LogP contribution < -0.4 is 0 Å². The monoisotopic (exact) mass is 528 g/mol. The molecule has 0 aliphatic rings. The van der Waals surface area contributed by atoms with E-state index in [4.69, 9.17) is 30.6 Å². The van der Waals surface area contributed by atoms with Gasteiger partial charge in [0.25, 0.3) is 0 Å². The third kappa shape index (κ3) is 34.9. The maximum absolute atomic E-state index is 9.90. The van der Waals surface area contributed by atoms with Gasteiger partial charge in [-0.05, 0) is 39.0 Å². The quantitative estimate of drug-likeness (QED) is 0.115. The van der Waals surface area contributed by atoms with Crippen LogP contribution in [0.3, 0.4) is 0 Å². The number of carboxylic acid groups (broad SMARTS) is 2. The van der Waals surface area contributed by atoms with Gasteiger partial charge in [0.2, 0.25) is 0 Å². The van der Waals surface area contributed by atoms with Crippen molar-refractivity contribution in [2.75, 3.05) is 13.2 Å². The lowest BCUT2D eigenvalue weighted by Crippen LogP contribution is -2.41. The predicted molar refractivity (Wildman–Crippen MR) is 140 cm³/mol. The van der Waals surface area contributed by atoms with E-state index in [0.29, 0.717) is 19.3 Å². The molecule has 0 amide bonds. The third-order valence-electron chi connectivity index (χ3n) is 5.39. The molecule has 0 rings (SSSR count). The molecule has 0 fully saturated rings. The van der Waals surface area contributed by atoms with Gasteiger partial charge in [-0.25, -0.2) is 0 Å². The summed E-state index contributed by atoms with van der Waals surface area (Å²) in [4.78, 5) is 19.8. The highest BCUT2D eigenvalue weighted by atomic mass is 16.5. The van der Waals surface area contributed by atoms with Gasteiger partial charge in [-0.3, -0.25) is 9.59 Å². The summed E-state index contributed by atoms with van der Waals surface area (Å²) in [5, 5.41) is 68.5. The summed E-state index contributed by atoms with van der Waals surface area (Å²) in [7, 11) is 0. The van der Waals surface area contributed by atoms with E-state index >= 15 is 0 Å². The minimum absolute atomic E-state index is 0.0451. The van der Waals surface area contributed by atoms with Crippen LogP contribution in [0, 0.1) is 10.8 Å². The van der Waals surface area contributed by atoms with Gasteiger partial charge in [-0.15, -0.1) is 0 Å². The van der Waals surface area contributed by atoms with Crippen LogP contribution >= 0.6 is 0 Å². The smallest absolute Gasteiger partial charge is 0.303 e. The Hall–Kier alpha value is -1.30. The molecule has 0 aromatic heterocycles. The number of aliphatic hydroxyl groups excluding tert-OH is 3. The molecular weight excluding hydrogens is 472 g/mol. The van der Waals surface area contributed by atoms with Gasteiger partial charge in [0, 0.05) is 23.7 Å². The summed E-state index contributed by atoms with van der Waals surface area (Å²) in [6.07, 6.45) is 6.59. The minimum atomic E-state index is -1.55. The highest BCUT2D eigenvalue weighted by Crippen LogP contribution is 2.33. The number of rotatable bonds is 15. The minimum Gasteiger partial charge on any atom is -0.481 e. The topological polar surface area (TPSA) is 196 Å². The lowest BCUT2D eigenvalue weighted by Gasteiger charge is -2.35. The second-order valence-electron chi connectivity index (χ2n) is 10.5. The highest BCUT2D eigenvalue weighted by molar-refractivity contribution is 5.67. The van der Waals surface area contributed by atoms with Crippen molar-refractivity contribution in [2.45, 2.75) is 131 Å². The Kier molecular flexibility index (Phi) is 27.9. The molecule has 0 aliphatic carbocycles. The number of unbranched alkanes of at least 4 members (excludes halogenated alkanes) is 4. The Morgan fingerprint density at radius 3 is 1.31 bits per heavy atom. The van der Waals surface area contributed by atoms with Gasteiger partial charge in [0.1, 0.15) is 0 Å². The molecule has 0 unspecified atom stereocenters. The fourth-order valence-corrected chi connectivity index (χ4v) is 2.03. The van der Waals surface area contributed by atoms with Crippen LogP contribution in [0.25, 0.3) is 0 Å². The van der Waals surface area contributed by atoms with Crippen molar-refractivity contribution < 1.29 is 50.4 Å². The van der Waals surface area contributed by atoms with E-state index in [9.17, 15) is 19.8 Å². The number of carbonyl (C=O) groups is 2. The first kappa shape index (κ1) is 41.8. The Bertz CT molecular complexity index is 489. The third-order valence-corrected chi connectivity index (χ3v) is 5.39. The Morgan fingerprint density at radius 2 is 1.08 bits per heavy atom. The molecule has 0 radical (unpaired) electrons. The average molecular weight is 529 g/mol. The summed E-state index contributed by atoms with van der Waals surface area (Å²) < 4.78 is 0. The number of aliphatic carboxylic acids is 2. The molecule has 0 heterocycles. The summed E-state index contributed by atoms with van der Waals surface area (Å²) in [5.41, 5.74) is -0.705. The second kappa shape index (κ2) is 24.1. The summed E-state index contributed by atoms with van der Waals surface area (Å²) >= 11 is 0. The van der Waals surface area contributed by atoms with Crippen molar-refractivity contribution in [3.8, 4) is 0 Å². The van der Waals surface area contributed by atoms with Crippen molar-refractivity contribution in [3.63, 3.8) is 0 Å². The fourth-order valence-electron chi connectivity index (χ4n) is 2.03. The van der Waals surface area contributed by atoms with Gasteiger partial charge in [0.15, 0.2) is 12.1 Å².